The van der Waals surface area contributed by atoms with E-state index in [9.17, 15) is 0 Å². The SMILES string of the molecule is c1cc(-c2ccc3c(c2)oc2ccccc23)nc(-n2c3ccccc3c3ccc4c5ccccc5oc4c32)c1. The van der Waals surface area contributed by atoms with Gasteiger partial charge in [-0.2, -0.15) is 0 Å². The third-order valence-electron chi connectivity index (χ3n) is 7.82. The largest absolute Gasteiger partial charge is 0.456 e. The molecule has 0 aliphatic rings. The highest BCUT2D eigenvalue weighted by molar-refractivity contribution is 6.21. The Bertz CT molecular complexity index is 2400. The fourth-order valence-corrected chi connectivity index (χ4v) is 6.06. The topological polar surface area (TPSA) is 44.1 Å². The number of para-hydroxylation sites is 3. The first-order chi connectivity index (χ1) is 19.3. The summed E-state index contributed by atoms with van der Waals surface area (Å²) >= 11 is 0. The van der Waals surface area contributed by atoms with Crippen LogP contribution in [-0.2, 0) is 0 Å². The van der Waals surface area contributed by atoms with Crippen molar-refractivity contribution in [2.24, 2.45) is 0 Å². The molecule has 9 aromatic rings. The maximum absolute atomic E-state index is 6.49. The highest BCUT2D eigenvalue weighted by atomic mass is 16.3. The van der Waals surface area contributed by atoms with Gasteiger partial charge in [-0.25, -0.2) is 4.98 Å². The minimum atomic E-state index is 0.844. The Balaban J connectivity index is 1.32. The van der Waals surface area contributed by atoms with E-state index in [0.717, 1.165) is 77.4 Å². The van der Waals surface area contributed by atoms with Gasteiger partial charge in [0.05, 0.1) is 16.7 Å². The molecule has 182 valence electrons. The van der Waals surface area contributed by atoms with Gasteiger partial charge in [-0.3, -0.25) is 4.57 Å². The van der Waals surface area contributed by atoms with Gasteiger partial charge in [0.1, 0.15) is 22.6 Å². The van der Waals surface area contributed by atoms with Crippen LogP contribution < -0.4 is 0 Å². The number of rotatable bonds is 2. The number of aromatic nitrogens is 2. The van der Waals surface area contributed by atoms with Crippen LogP contribution in [-0.4, -0.2) is 9.55 Å². The standard InChI is InChI=1S/C35H20N2O2/c1-4-12-29-22(8-1)26-18-19-27-24-10-3-6-14-31(24)39-35(27)34(26)37(29)33-15-7-11-28(36-33)21-16-17-25-23-9-2-5-13-30(23)38-32(25)20-21/h1-20H. The molecule has 0 spiro atoms. The van der Waals surface area contributed by atoms with Crippen molar-refractivity contribution in [2.75, 3.05) is 0 Å². The molecule has 0 amide bonds. The number of hydrogen-bond acceptors (Lipinski definition) is 3. The Morgan fingerprint density at radius 3 is 2.03 bits per heavy atom. The van der Waals surface area contributed by atoms with Crippen molar-refractivity contribution < 1.29 is 8.83 Å². The second-order valence-electron chi connectivity index (χ2n) is 9.98. The maximum Gasteiger partial charge on any atom is 0.160 e. The lowest BCUT2D eigenvalue weighted by Gasteiger charge is -2.09. The van der Waals surface area contributed by atoms with Gasteiger partial charge in [0, 0.05) is 37.9 Å². The van der Waals surface area contributed by atoms with Crippen LogP contribution in [0.25, 0.3) is 82.8 Å². The highest BCUT2D eigenvalue weighted by Crippen LogP contribution is 2.40. The number of nitrogens with zero attached hydrogens (tertiary/aromatic N) is 2. The minimum Gasteiger partial charge on any atom is -0.456 e. The molecule has 4 nitrogen and oxygen atoms in total. The molecule has 39 heavy (non-hydrogen) atoms. The van der Waals surface area contributed by atoms with Crippen molar-refractivity contribution in [3.05, 3.63) is 121 Å². The third kappa shape index (κ3) is 2.85. The molecule has 0 fully saturated rings. The molecule has 0 bridgehead atoms. The Kier molecular flexibility index (Phi) is 4.02. The monoisotopic (exact) mass is 500 g/mol. The number of fused-ring (bicyclic) bond motifs is 10. The van der Waals surface area contributed by atoms with Crippen LogP contribution in [0.1, 0.15) is 0 Å². The van der Waals surface area contributed by atoms with Gasteiger partial charge in [-0.15, -0.1) is 0 Å². The number of pyridine rings is 1. The zero-order valence-electron chi connectivity index (χ0n) is 20.8. The first-order valence-corrected chi connectivity index (χ1v) is 13.1. The normalized spacial score (nSPS) is 12.1. The first-order valence-electron chi connectivity index (χ1n) is 13.1. The average Bonchev–Trinajstić information content (AvgIpc) is 3.66. The van der Waals surface area contributed by atoms with E-state index < -0.39 is 0 Å². The molecular formula is C35H20N2O2. The molecule has 9 rings (SSSR count). The van der Waals surface area contributed by atoms with E-state index in [2.05, 4.69) is 95.6 Å². The van der Waals surface area contributed by atoms with Gasteiger partial charge in [-0.05, 0) is 48.5 Å². The Labute approximate surface area is 222 Å². The zero-order chi connectivity index (χ0) is 25.5. The Morgan fingerprint density at radius 1 is 0.487 bits per heavy atom. The lowest BCUT2D eigenvalue weighted by Crippen LogP contribution is -1.98. The van der Waals surface area contributed by atoms with Crippen LogP contribution in [0.3, 0.4) is 0 Å². The summed E-state index contributed by atoms with van der Waals surface area (Å²) in [7, 11) is 0. The van der Waals surface area contributed by atoms with Crippen molar-refractivity contribution in [1.82, 2.24) is 9.55 Å². The average molecular weight is 501 g/mol. The number of hydrogen-bond donors (Lipinski definition) is 0. The Hall–Kier alpha value is -5.35. The molecule has 0 atom stereocenters. The lowest BCUT2D eigenvalue weighted by atomic mass is 10.1. The van der Waals surface area contributed by atoms with Crippen LogP contribution in [0.15, 0.2) is 130 Å². The van der Waals surface area contributed by atoms with Crippen LogP contribution in [0.4, 0.5) is 0 Å². The van der Waals surface area contributed by atoms with Gasteiger partial charge in [-0.1, -0.05) is 72.8 Å². The van der Waals surface area contributed by atoms with Gasteiger partial charge in [0.2, 0.25) is 0 Å². The summed E-state index contributed by atoms with van der Waals surface area (Å²) in [6.45, 7) is 0. The summed E-state index contributed by atoms with van der Waals surface area (Å²) in [6, 6.07) is 41.8. The lowest BCUT2D eigenvalue weighted by molar-refractivity contribution is 0.669. The fourth-order valence-electron chi connectivity index (χ4n) is 6.06. The van der Waals surface area contributed by atoms with Crippen molar-refractivity contribution in [3.8, 4) is 17.1 Å². The second-order valence-corrected chi connectivity index (χ2v) is 9.98. The Morgan fingerprint density at radius 2 is 1.15 bits per heavy atom. The van der Waals surface area contributed by atoms with Gasteiger partial charge in [0.15, 0.2) is 5.58 Å². The van der Waals surface area contributed by atoms with E-state index in [4.69, 9.17) is 13.8 Å². The third-order valence-corrected chi connectivity index (χ3v) is 7.82. The van der Waals surface area contributed by atoms with Crippen molar-refractivity contribution in [3.63, 3.8) is 0 Å². The molecule has 0 unspecified atom stereocenters. The summed E-state index contributed by atoms with van der Waals surface area (Å²) in [5, 5.41) is 6.78. The summed E-state index contributed by atoms with van der Waals surface area (Å²) in [6.07, 6.45) is 0. The molecule has 0 aliphatic heterocycles. The van der Waals surface area contributed by atoms with E-state index in [1.807, 2.05) is 30.3 Å². The van der Waals surface area contributed by atoms with E-state index in [0.29, 0.717) is 0 Å². The van der Waals surface area contributed by atoms with Gasteiger partial charge in [0.25, 0.3) is 0 Å². The fraction of sp³-hybridized carbons (Fsp3) is 0. The van der Waals surface area contributed by atoms with E-state index in [1.165, 1.54) is 5.39 Å². The molecular weight excluding hydrogens is 480 g/mol. The van der Waals surface area contributed by atoms with Crippen LogP contribution in [0.2, 0.25) is 0 Å². The summed E-state index contributed by atoms with van der Waals surface area (Å²) in [5.41, 5.74) is 7.54. The van der Waals surface area contributed by atoms with Gasteiger partial charge >= 0.3 is 0 Å². The molecule has 5 aromatic carbocycles. The van der Waals surface area contributed by atoms with Crippen molar-refractivity contribution >= 4 is 65.7 Å². The molecule has 0 aliphatic carbocycles. The van der Waals surface area contributed by atoms with E-state index in [-0.39, 0.29) is 0 Å². The van der Waals surface area contributed by atoms with Crippen molar-refractivity contribution in [1.29, 1.82) is 0 Å². The molecule has 4 heteroatoms. The summed E-state index contributed by atoms with van der Waals surface area (Å²) < 4.78 is 14.9. The van der Waals surface area contributed by atoms with Crippen LogP contribution in [0, 0.1) is 0 Å². The molecule has 0 saturated heterocycles. The smallest absolute Gasteiger partial charge is 0.160 e. The van der Waals surface area contributed by atoms with Crippen LogP contribution >= 0.6 is 0 Å². The van der Waals surface area contributed by atoms with Gasteiger partial charge < -0.3 is 8.83 Å². The quantitative estimate of drug-likeness (QED) is 0.237. The van der Waals surface area contributed by atoms with E-state index in [1.54, 1.807) is 0 Å². The summed E-state index contributed by atoms with van der Waals surface area (Å²) in [4.78, 5) is 5.19. The van der Waals surface area contributed by atoms with Crippen LogP contribution in [0.5, 0.6) is 0 Å². The first kappa shape index (κ1) is 20.7. The summed E-state index contributed by atoms with van der Waals surface area (Å²) in [5.74, 6) is 0.844. The highest BCUT2D eigenvalue weighted by Gasteiger charge is 2.19. The molecule has 0 N–H and O–H groups in total. The maximum atomic E-state index is 6.49. The minimum absolute atomic E-state index is 0.844. The predicted molar refractivity (Wildman–Crippen MR) is 159 cm³/mol. The molecule has 4 heterocycles. The molecule has 0 radical (unpaired) electrons. The van der Waals surface area contributed by atoms with Crippen molar-refractivity contribution in [2.45, 2.75) is 0 Å². The second kappa shape index (κ2) is 7.59. The molecule has 0 saturated carbocycles. The zero-order valence-corrected chi connectivity index (χ0v) is 20.8. The number of furan rings is 2. The number of benzene rings is 5. The molecule has 4 aromatic heterocycles. The predicted octanol–water partition coefficient (Wildman–Crippen LogP) is 9.64. The van der Waals surface area contributed by atoms with E-state index >= 15 is 0 Å².